The van der Waals surface area contributed by atoms with Crippen molar-refractivity contribution in [2.45, 2.75) is 25.2 Å². The minimum absolute atomic E-state index is 0.147. The van der Waals surface area contributed by atoms with Crippen molar-refractivity contribution in [3.05, 3.63) is 35.6 Å². The number of hydrogen-bond acceptors (Lipinski definition) is 1. The maximum atomic E-state index is 12.7. The fourth-order valence-corrected chi connectivity index (χ4v) is 2.21. The van der Waals surface area contributed by atoms with Crippen LogP contribution in [0.2, 0.25) is 0 Å². The van der Waals surface area contributed by atoms with E-state index in [1.165, 1.54) is 18.4 Å². The Morgan fingerprint density at radius 2 is 1.86 bits per heavy atom. The van der Waals surface area contributed by atoms with Gasteiger partial charge in [-0.3, -0.25) is 0 Å². The van der Waals surface area contributed by atoms with Crippen molar-refractivity contribution in [3.8, 4) is 0 Å². The molecule has 0 aromatic heterocycles. The summed E-state index contributed by atoms with van der Waals surface area (Å²) >= 11 is 0. The molecule has 1 nitrogen and oxygen atoms in total. The van der Waals surface area contributed by atoms with Gasteiger partial charge in [-0.1, -0.05) is 12.1 Å². The first-order chi connectivity index (χ1) is 6.79. The lowest BCUT2D eigenvalue weighted by Gasteiger charge is -2.35. The molecule has 0 spiro atoms. The van der Waals surface area contributed by atoms with E-state index in [-0.39, 0.29) is 5.82 Å². The van der Waals surface area contributed by atoms with E-state index in [1.54, 1.807) is 12.1 Å². The van der Waals surface area contributed by atoms with Crippen LogP contribution in [0.15, 0.2) is 24.3 Å². The molecule has 0 atom stereocenters. The van der Waals surface area contributed by atoms with Gasteiger partial charge in [0.25, 0.3) is 0 Å². The molecule has 0 saturated heterocycles. The Morgan fingerprint density at radius 3 is 2.43 bits per heavy atom. The molecule has 1 fully saturated rings. The molecular weight excluding hydrogens is 177 g/mol. The highest BCUT2D eigenvalue weighted by Gasteiger charge is 2.29. The Balaban J connectivity index is 1.90. The Labute approximate surface area is 84.1 Å². The van der Waals surface area contributed by atoms with Gasteiger partial charge in [-0.15, -0.1) is 0 Å². The zero-order valence-electron chi connectivity index (χ0n) is 8.25. The lowest BCUT2D eigenvalue weighted by molar-refractivity contribution is 0.251. The molecule has 0 radical (unpaired) electrons. The Bertz CT molecular complexity index is 288. The topological polar surface area (TPSA) is 26.0 Å². The highest BCUT2D eigenvalue weighted by atomic mass is 19.1. The third-order valence-corrected chi connectivity index (χ3v) is 3.15. The Kier molecular flexibility index (Phi) is 2.82. The summed E-state index contributed by atoms with van der Waals surface area (Å²) in [6.07, 6.45) is 3.59. The fraction of sp³-hybridized carbons (Fsp3) is 0.500. The van der Waals surface area contributed by atoms with Gasteiger partial charge in [0, 0.05) is 0 Å². The molecule has 1 saturated carbocycles. The van der Waals surface area contributed by atoms with Crippen LogP contribution in [0.4, 0.5) is 4.39 Å². The molecule has 2 rings (SSSR count). The summed E-state index contributed by atoms with van der Waals surface area (Å²) in [6.45, 7) is 0.792. The highest BCUT2D eigenvalue weighted by molar-refractivity contribution is 5.22. The molecule has 0 amide bonds. The fourth-order valence-electron chi connectivity index (χ4n) is 2.21. The van der Waals surface area contributed by atoms with Gasteiger partial charge < -0.3 is 5.73 Å². The number of benzene rings is 1. The average molecular weight is 193 g/mol. The number of nitrogens with two attached hydrogens (primary N) is 1. The van der Waals surface area contributed by atoms with E-state index in [2.05, 4.69) is 0 Å². The minimum atomic E-state index is -0.147. The predicted octanol–water partition coefficient (Wildman–Crippen LogP) is 2.67. The second kappa shape index (κ2) is 4.09. The summed E-state index contributed by atoms with van der Waals surface area (Å²) in [5.41, 5.74) is 6.77. The number of rotatable bonds is 3. The van der Waals surface area contributed by atoms with E-state index < -0.39 is 0 Å². The van der Waals surface area contributed by atoms with Crippen LogP contribution in [0.3, 0.4) is 0 Å². The van der Waals surface area contributed by atoms with Gasteiger partial charge in [0.15, 0.2) is 0 Å². The lowest BCUT2D eigenvalue weighted by Crippen LogP contribution is -2.24. The monoisotopic (exact) mass is 193 g/mol. The quantitative estimate of drug-likeness (QED) is 0.784. The predicted molar refractivity (Wildman–Crippen MR) is 55.5 cm³/mol. The molecule has 0 unspecified atom stereocenters. The summed E-state index contributed by atoms with van der Waals surface area (Å²) < 4.78 is 12.7. The summed E-state index contributed by atoms with van der Waals surface area (Å²) in [4.78, 5) is 0. The van der Waals surface area contributed by atoms with E-state index in [4.69, 9.17) is 5.73 Å². The van der Waals surface area contributed by atoms with Crippen molar-refractivity contribution in [3.63, 3.8) is 0 Å². The first-order valence-corrected chi connectivity index (χ1v) is 5.25. The van der Waals surface area contributed by atoms with E-state index >= 15 is 0 Å². The normalized spacial score (nSPS) is 25.9. The van der Waals surface area contributed by atoms with Gasteiger partial charge in [-0.25, -0.2) is 4.39 Å². The maximum Gasteiger partial charge on any atom is 0.123 e. The van der Waals surface area contributed by atoms with Crippen LogP contribution < -0.4 is 5.73 Å². The van der Waals surface area contributed by atoms with Crippen LogP contribution in [0.1, 0.15) is 30.7 Å². The molecule has 0 aliphatic heterocycles. The number of hydrogen-bond donors (Lipinski definition) is 1. The van der Waals surface area contributed by atoms with Crippen molar-refractivity contribution in [1.82, 2.24) is 0 Å². The van der Waals surface area contributed by atoms with Gasteiger partial charge in [0.05, 0.1) is 0 Å². The van der Waals surface area contributed by atoms with E-state index in [0.29, 0.717) is 5.92 Å². The number of halogens is 1. The average Bonchev–Trinajstić information content (AvgIpc) is 2.13. The lowest BCUT2D eigenvalue weighted by atomic mass is 9.70. The molecule has 14 heavy (non-hydrogen) atoms. The summed E-state index contributed by atoms with van der Waals surface area (Å²) in [7, 11) is 0. The van der Waals surface area contributed by atoms with Gasteiger partial charge >= 0.3 is 0 Å². The molecule has 76 valence electrons. The van der Waals surface area contributed by atoms with Gasteiger partial charge in [-0.2, -0.15) is 0 Å². The van der Waals surface area contributed by atoms with E-state index in [1.807, 2.05) is 12.1 Å². The van der Waals surface area contributed by atoms with Crippen molar-refractivity contribution in [1.29, 1.82) is 0 Å². The molecule has 2 N–H and O–H groups in total. The van der Waals surface area contributed by atoms with Crippen LogP contribution in [0, 0.1) is 11.7 Å². The second-order valence-corrected chi connectivity index (χ2v) is 4.16. The Morgan fingerprint density at radius 1 is 1.21 bits per heavy atom. The minimum Gasteiger partial charge on any atom is -0.330 e. The van der Waals surface area contributed by atoms with Gasteiger partial charge in [-0.05, 0) is 55.3 Å². The van der Waals surface area contributed by atoms with Crippen molar-refractivity contribution in [2.75, 3.05) is 6.54 Å². The van der Waals surface area contributed by atoms with Crippen molar-refractivity contribution < 1.29 is 4.39 Å². The molecule has 1 aliphatic carbocycles. The van der Waals surface area contributed by atoms with Crippen LogP contribution in [0.25, 0.3) is 0 Å². The molecular formula is C12H16FN. The third-order valence-electron chi connectivity index (χ3n) is 3.15. The standard InChI is InChI=1S/C12H16FN/c13-12-3-1-10(2-4-12)11-7-9(8-11)5-6-14/h1-4,9,11H,5-8,14H2. The smallest absolute Gasteiger partial charge is 0.123 e. The van der Waals surface area contributed by atoms with Gasteiger partial charge in [0.1, 0.15) is 5.82 Å². The molecule has 0 heterocycles. The first-order valence-electron chi connectivity index (χ1n) is 5.25. The second-order valence-electron chi connectivity index (χ2n) is 4.16. The molecule has 0 bridgehead atoms. The third kappa shape index (κ3) is 1.95. The summed E-state index contributed by atoms with van der Waals surface area (Å²) in [6, 6.07) is 6.90. The Hall–Kier alpha value is -0.890. The van der Waals surface area contributed by atoms with Crippen molar-refractivity contribution in [2.24, 2.45) is 11.7 Å². The highest BCUT2D eigenvalue weighted by Crippen LogP contribution is 2.42. The van der Waals surface area contributed by atoms with E-state index in [9.17, 15) is 4.39 Å². The zero-order chi connectivity index (χ0) is 9.97. The van der Waals surface area contributed by atoms with E-state index in [0.717, 1.165) is 18.9 Å². The summed E-state index contributed by atoms with van der Waals surface area (Å²) in [5, 5.41) is 0. The van der Waals surface area contributed by atoms with Crippen LogP contribution in [-0.4, -0.2) is 6.54 Å². The maximum absolute atomic E-state index is 12.7. The SMILES string of the molecule is NCCC1CC(c2ccc(F)cc2)C1. The molecule has 2 heteroatoms. The van der Waals surface area contributed by atoms with Crippen LogP contribution >= 0.6 is 0 Å². The largest absolute Gasteiger partial charge is 0.330 e. The first kappa shape index (κ1) is 9.66. The molecule has 1 aliphatic rings. The van der Waals surface area contributed by atoms with Crippen molar-refractivity contribution >= 4 is 0 Å². The van der Waals surface area contributed by atoms with Gasteiger partial charge in [0.2, 0.25) is 0 Å². The molecule has 1 aromatic rings. The van der Waals surface area contributed by atoms with Crippen LogP contribution in [-0.2, 0) is 0 Å². The zero-order valence-corrected chi connectivity index (χ0v) is 8.25. The summed E-state index contributed by atoms with van der Waals surface area (Å²) in [5.74, 6) is 1.30. The molecule has 1 aromatic carbocycles. The van der Waals surface area contributed by atoms with Crippen LogP contribution in [0.5, 0.6) is 0 Å².